The number of nitrogens with zero attached hydrogens (tertiary/aromatic N) is 3. The van der Waals surface area contributed by atoms with Crippen molar-refractivity contribution in [1.29, 1.82) is 0 Å². The molecule has 3 heterocycles. The maximum absolute atomic E-state index is 14.9. The van der Waals surface area contributed by atoms with E-state index < -0.39 is 5.82 Å². The molecule has 7 heteroatoms. The molecule has 0 spiro atoms. The van der Waals surface area contributed by atoms with Gasteiger partial charge >= 0.3 is 0 Å². The number of aromatic nitrogens is 1. The number of likely N-dealkylation sites (tertiary alicyclic amines) is 1. The van der Waals surface area contributed by atoms with E-state index in [1.54, 1.807) is 17.2 Å². The van der Waals surface area contributed by atoms with E-state index in [-0.39, 0.29) is 22.3 Å². The molecule has 1 N–H and O–H groups in total. The molecule has 2 aliphatic rings. The first-order valence-electron chi connectivity index (χ1n) is 10.1. The number of rotatable bonds is 3. The Morgan fingerprint density at radius 3 is 2.64 bits per heavy atom. The van der Waals surface area contributed by atoms with Gasteiger partial charge in [0.15, 0.2) is 0 Å². The highest BCUT2D eigenvalue weighted by Gasteiger charge is 2.27. The average molecular weight is 386 g/mol. The molecule has 6 nitrogen and oxygen atoms in total. The van der Waals surface area contributed by atoms with Gasteiger partial charge in [-0.15, -0.1) is 0 Å². The highest BCUT2D eigenvalue weighted by atomic mass is 19.1. The highest BCUT2D eigenvalue weighted by molar-refractivity contribution is 5.98. The van der Waals surface area contributed by atoms with Crippen LogP contribution in [0.3, 0.4) is 0 Å². The maximum Gasteiger partial charge on any atom is 0.259 e. The molecule has 0 aliphatic carbocycles. The maximum atomic E-state index is 14.9. The van der Waals surface area contributed by atoms with Crippen LogP contribution in [0.15, 0.2) is 23.1 Å². The van der Waals surface area contributed by atoms with Gasteiger partial charge in [-0.3, -0.25) is 9.59 Å². The second kappa shape index (κ2) is 7.54. The van der Waals surface area contributed by atoms with Crippen molar-refractivity contribution in [2.75, 3.05) is 44.2 Å². The molecular formula is C21H27FN4O2. The number of pyridine rings is 1. The van der Waals surface area contributed by atoms with Crippen molar-refractivity contribution in [3.05, 3.63) is 39.9 Å². The minimum atomic E-state index is -0.409. The third kappa shape index (κ3) is 3.28. The molecule has 2 aliphatic heterocycles. The van der Waals surface area contributed by atoms with Gasteiger partial charge in [0, 0.05) is 57.4 Å². The lowest BCUT2D eigenvalue weighted by molar-refractivity contribution is 0.0786. The number of carbonyl (C=O) groups is 1. The monoisotopic (exact) mass is 386 g/mol. The Kier molecular flexibility index (Phi) is 5.10. The first-order chi connectivity index (χ1) is 13.5. The molecule has 150 valence electrons. The number of halogens is 1. The lowest BCUT2D eigenvalue weighted by Crippen LogP contribution is -2.44. The zero-order valence-electron chi connectivity index (χ0n) is 16.5. The van der Waals surface area contributed by atoms with Gasteiger partial charge in [-0.2, -0.15) is 0 Å². The summed E-state index contributed by atoms with van der Waals surface area (Å²) in [7, 11) is 0. The van der Waals surface area contributed by atoms with Gasteiger partial charge in [-0.05, 0) is 31.4 Å². The van der Waals surface area contributed by atoms with E-state index in [1.807, 2.05) is 16.4 Å². The van der Waals surface area contributed by atoms with Crippen LogP contribution in [0.2, 0.25) is 0 Å². The van der Waals surface area contributed by atoms with Crippen LogP contribution in [0, 0.1) is 11.7 Å². The number of carbonyl (C=O) groups excluding carboxylic acids is 1. The van der Waals surface area contributed by atoms with Gasteiger partial charge < -0.3 is 19.7 Å². The van der Waals surface area contributed by atoms with Crippen molar-refractivity contribution in [3.63, 3.8) is 0 Å². The number of nitrogens with one attached hydrogen (secondary N) is 1. The van der Waals surface area contributed by atoms with Gasteiger partial charge in [-0.25, -0.2) is 4.39 Å². The first-order valence-corrected chi connectivity index (χ1v) is 10.1. The zero-order chi connectivity index (χ0) is 19.8. The predicted molar refractivity (Wildman–Crippen MR) is 109 cm³/mol. The van der Waals surface area contributed by atoms with Crippen LogP contribution in [0.5, 0.6) is 0 Å². The lowest BCUT2D eigenvalue weighted by Gasteiger charge is -2.30. The standard InChI is InChI=1S/C21H27FN4O2/c1-3-24-13-16(21(28)26-7-4-14(2)12-26)20(27)15-10-17(22)19(11-18(15)24)25-8-5-23-6-9-25/h10-11,13-14,23H,3-9,12H2,1-2H3. The van der Waals surface area contributed by atoms with E-state index in [2.05, 4.69) is 12.2 Å². The molecule has 1 amide bonds. The minimum absolute atomic E-state index is 0.137. The normalized spacial score (nSPS) is 20.2. The molecule has 1 aromatic heterocycles. The zero-order valence-corrected chi connectivity index (χ0v) is 16.5. The topological polar surface area (TPSA) is 57.6 Å². The summed E-state index contributed by atoms with van der Waals surface area (Å²) < 4.78 is 16.8. The number of fused-ring (bicyclic) bond motifs is 1. The van der Waals surface area contributed by atoms with Gasteiger partial charge in [0.2, 0.25) is 5.43 Å². The van der Waals surface area contributed by atoms with Crippen molar-refractivity contribution in [2.24, 2.45) is 5.92 Å². The number of piperazine rings is 1. The molecule has 1 unspecified atom stereocenters. The molecule has 2 aromatic rings. The molecular weight excluding hydrogens is 359 g/mol. The third-order valence-corrected chi connectivity index (χ3v) is 5.89. The molecule has 2 saturated heterocycles. The molecule has 1 aromatic carbocycles. The molecule has 0 bridgehead atoms. The summed E-state index contributed by atoms with van der Waals surface area (Å²) in [5.74, 6) is -0.213. The van der Waals surface area contributed by atoms with E-state index in [4.69, 9.17) is 0 Å². The van der Waals surface area contributed by atoms with Crippen molar-refractivity contribution in [3.8, 4) is 0 Å². The quantitative estimate of drug-likeness (QED) is 0.877. The largest absolute Gasteiger partial charge is 0.367 e. The Bertz CT molecular complexity index is 965. The Morgan fingerprint density at radius 2 is 2.00 bits per heavy atom. The summed E-state index contributed by atoms with van der Waals surface area (Å²) in [6, 6.07) is 3.07. The summed E-state index contributed by atoms with van der Waals surface area (Å²) in [4.78, 5) is 29.7. The van der Waals surface area contributed by atoms with Crippen LogP contribution in [0.25, 0.3) is 10.9 Å². The highest BCUT2D eigenvalue weighted by Crippen LogP contribution is 2.26. The van der Waals surface area contributed by atoms with Crippen molar-refractivity contribution < 1.29 is 9.18 Å². The van der Waals surface area contributed by atoms with E-state index >= 15 is 0 Å². The van der Waals surface area contributed by atoms with E-state index in [0.717, 1.165) is 32.6 Å². The molecule has 4 rings (SSSR count). The fraction of sp³-hybridized carbons (Fsp3) is 0.524. The summed E-state index contributed by atoms with van der Waals surface area (Å²) >= 11 is 0. The predicted octanol–water partition coefficient (Wildman–Crippen LogP) is 2.05. The summed E-state index contributed by atoms with van der Waals surface area (Å²) in [6.07, 6.45) is 2.60. The van der Waals surface area contributed by atoms with Gasteiger partial charge in [0.1, 0.15) is 11.4 Å². The fourth-order valence-corrected chi connectivity index (χ4v) is 4.25. The lowest BCUT2D eigenvalue weighted by atomic mass is 10.1. The SMILES string of the molecule is CCn1cc(C(=O)N2CCC(C)C2)c(=O)c2cc(F)c(N3CCNCC3)cc21. The number of benzene rings is 1. The van der Waals surface area contributed by atoms with Crippen LogP contribution < -0.4 is 15.6 Å². The Labute approximate surface area is 163 Å². The number of hydrogen-bond acceptors (Lipinski definition) is 4. The molecule has 28 heavy (non-hydrogen) atoms. The summed E-state index contributed by atoms with van der Waals surface area (Å²) in [5, 5.41) is 3.54. The third-order valence-electron chi connectivity index (χ3n) is 5.89. The average Bonchev–Trinajstić information content (AvgIpc) is 3.15. The van der Waals surface area contributed by atoms with Crippen molar-refractivity contribution in [2.45, 2.75) is 26.8 Å². The Balaban J connectivity index is 1.81. The molecule has 0 saturated carbocycles. The van der Waals surface area contributed by atoms with Crippen LogP contribution >= 0.6 is 0 Å². The van der Waals surface area contributed by atoms with Crippen LogP contribution in [-0.2, 0) is 6.54 Å². The first kappa shape index (κ1) is 18.9. The van der Waals surface area contributed by atoms with Gasteiger partial charge in [0.25, 0.3) is 5.91 Å². The van der Waals surface area contributed by atoms with Gasteiger partial charge in [0.05, 0.1) is 11.2 Å². The van der Waals surface area contributed by atoms with Crippen molar-refractivity contribution >= 4 is 22.5 Å². The number of hydrogen-bond donors (Lipinski definition) is 1. The molecule has 2 fully saturated rings. The second-order valence-corrected chi connectivity index (χ2v) is 7.86. The van der Waals surface area contributed by atoms with Gasteiger partial charge in [-0.1, -0.05) is 6.92 Å². The van der Waals surface area contributed by atoms with Crippen LogP contribution in [0.4, 0.5) is 10.1 Å². The Hall–Kier alpha value is -2.41. The van der Waals surface area contributed by atoms with Crippen LogP contribution in [0.1, 0.15) is 30.6 Å². The van der Waals surface area contributed by atoms with Crippen molar-refractivity contribution in [1.82, 2.24) is 14.8 Å². The smallest absolute Gasteiger partial charge is 0.259 e. The Morgan fingerprint density at radius 1 is 1.25 bits per heavy atom. The van der Waals surface area contributed by atoms with Crippen LogP contribution in [-0.4, -0.2) is 54.6 Å². The minimum Gasteiger partial charge on any atom is -0.367 e. The fourth-order valence-electron chi connectivity index (χ4n) is 4.25. The van der Waals surface area contributed by atoms with E-state index in [1.165, 1.54) is 6.07 Å². The van der Waals surface area contributed by atoms with E-state index in [9.17, 15) is 14.0 Å². The van der Waals surface area contributed by atoms with E-state index in [0.29, 0.717) is 36.8 Å². The number of amides is 1. The summed E-state index contributed by atoms with van der Waals surface area (Å²) in [6.45, 7) is 9.05. The molecule has 1 atom stereocenters. The molecule has 0 radical (unpaired) electrons. The number of anilines is 1. The summed E-state index contributed by atoms with van der Waals surface area (Å²) in [5.41, 5.74) is 0.949. The second-order valence-electron chi connectivity index (χ2n) is 7.86. The number of aryl methyl sites for hydroxylation is 1.